The smallest absolute Gasteiger partial charge is 0.228 e. The van der Waals surface area contributed by atoms with Crippen molar-refractivity contribution in [3.8, 4) is 0 Å². The number of nitrogens with one attached hydrogen (secondary N) is 1. The molecular weight excluding hydrogens is 344 g/mol. The zero-order valence-corrected chi connectivity index (χ0v) is 15.8. The first-order valence-corrected chi connectivity index (χ1v) is 9.68. The van der Waals surface area contributed by atoms with Crippen molar-refractivity contribution >= 4 is 23.1 Å². The van der Waals surface area contributed by atoms with Gasteiger partial charge in [-0.25, -0.2) is 0 Å². The predicted molar refractivity (Wildman–Crippen MR) is 104 cm³/mol. The van der Waals surface area contributed by atoms with Gasteiger partial charge >= 0.3 is 0 Å². The van der Waals surface area contributed by atoms with Crippen molar-refractivity contribution in [1.82, 2.24) is 15.5 Å². The molecular formula is C20H22N4OS. The fourth-order valence-electron chi connectivity index (χ4n) is 3.08. The number of nitrogens with zero attached hydrogens (tertiary/aromatic N) is 3. The summed E-state index contributed by atoms with van der Waals surface area (Å²) in [6, 6.07) is 17.4. The van der Waals surface area contributed by atoms with Crippen LogP contribution in [0.25, 0.3) is 0 Å². The van der Waals surface area contributed by atoms with Crippen LogP contribution in [-0.2, 0) is 12.8 Å². The fourth-order valence-corrected chi connectivity index (χ4v) is 4.18. The number of para-hydroxylation sites is 2. The normalized spacial score (nSPS) is 14.0. The molecule has 0 spiro atoms. The average Bonchev–Trinajstić information content (AvgIpc) is 3.12. The van der Waals surface area contributed by atoms with Crippen LogP contribution in [0.15, 0.2) is 62.8 Å². The van der Waals surface area contributed by atoms with Crippen molar-refractivity contribution in [3.05, 3.63) is 60.2 Å². The minimum atomic E-state index is 0.332. The maximum atomic E-state index is 5.46. The van der Waals surface area contributed by atoms with Gasteiger partial charge in [0, 0.05) is 35.2 Å². The second-order valence-electron chi connectivity index (χ2n) is 6.44. The Hall–Kier alpha value is -2.31. The Labute approximate surface area is 157 Å². The summed E-state index contributed by atoms with van der Waals surface area (Å²) in [5.41, 5.74) is 2.47. The summed E-state index contributed by atoms with van der Waals surface area (Å²) in [6.45, 7) is 2.91. The average molecular weight is 366 g/mol. The van der Waals surface area contributed by atoms with Crippen LogP contribution in [0, 0.1) is 0 Å². The van der Waals surface area contributed by atoms with Crippen LogP contribution in [0.3, 0.4) is 0 Å². The highest BCUT2D eigenvalue weighted by molar-refractivity contribution is 7.99. The van der Waals surface area contributed by atoms with Crippen LogP contribution in [0.4, 0.5) is 11.4 Å². The third-order valence-corrected chi connectivity index (χ3v) is 5.70. The van der Waals surface area contributed by atoms with Gasteiger partial charge in [-0.2, -0.15) is 4.98 Å². The van der Waals surface area contributed by atoms with E-state index in [2.05, 4.69) is 75.8 Å². The molecule has 3 aromatic rings. The molecule has 0 fully saturated rings. The zero-order valence-electron chi connectivity index (χ0n) is 15.0. The first kappa shape index (κ1) is 17.1. The van der Waals surface area contributed by atoms with Gasteiger partial charge < -0.3 is 14.7 Å². The van der Waals surface area contributed by atoms with E-state index < -0.39 is 0 Å². The number of aromatic nitrogens is 2. The van der Waals surface area contributed by atoms with Gasteiger partial charge in [0.1, 0.15) is 0 Å². The standard InChI is InChI=1S/C20H22N4OS/c1-14(21-2)13-19-22-20(25-23-19)11-12-24-15-7-3-5-9-17(15)26-18-10-6-4-8-16(18)24/h3-10,14,21H,11-13H2,1-2H3. The lowest BCUT2D eigenvalue weighted by Gasteiger charge is -2.32. The summed E-state index contributed by atoms with van der Waals surface area (Å²) in [5.74, 6) is 1.45. The van der Waals surface area contributed by atoms with E-state index in [1.807, 2.05) is 18.8 Å². The largest absolute Gasteiger partial charge is 0.339 e. The Morgan fingerprint density at radius 1 is 1.08 bits per heavy atom. The molecule has 1 N–H and O–H groups in total. The number of rotatable bonds is 6. The topological polar surface area (TPSA) is 54.2 Å². The predicted octanol–water partition coefficient (Wildman–Crippen LogP) is 4.07. The van der Waals surface area contributed by atoms with E-state index in [0.717, 1.165) is 18.8 Å². The van der Waals surface area contributed by atoms with Crippen LogP contribution in [0.5, 0.6) is 0 Å². The molecule has 1 unspecified atom stereocenters. The van der Waals surface area contributed by atoms with E-state index >= 15 is 0 Å². The summed E-state index contributed by atoms with van der Waals surface area (Å²) in [5, 5.41) is 7.30. The summed E-state index contributed by atoms with van der Waals surface area (Å²) >= 11 is 1.82. The molecule has 1 aliphatic heterocycles. The highest BCUT2D eigenvalue weighted by Gasteiger charge is 2.23. The van der Waals surface area contributed by atoms with Crippen LogP contribution < -0.4 is 10.2 Å². The zero-order chi connectivity index (χ0) is 17.9. The number of likely N-dealkylation sites (N-methyl/N-ethyl adjacent to an activating group) is 1. The third kappa shape index (κ3) is 3.48. The monoisotopic (exact) mass is 366 g/mol. The Bertz CT molecular complexity index is 849. The molecule has 4 rings (SSSR count). The molecule has 0 radical (unpaired) electrons. The molecule has 1 atom stereocenters. The lowest BCUT2D eigenvalue weighted by Crippen LogP contribution is -2.24. The molecule has 0 saturated carbocycles. The fraction of sp³-hybridized carbons (Fsp3) is 0.300. The molecule has 0 saturated heterocycles. The van der Waals surface area contributed by atoms with Gasteiger partial charge in [0.2, 0.25) is 5.89 Å². The van der Waals surface area contributed by atoms with Crippen molar-refractivity contribution in [3.63, 3.8) is 0 Å². The Balaban J connectivity index is 1.53. The summed E-state index contributed by atoms with van der Waals surface area (Å²) < 4.78 is 5.46. The quantitative estimate of drug-likeness (QED) is 0.710. The molecule has 0 bridgehead atoms. The Morgan fingerprint density at radius 2 is 1.73 bits per heavy atom. The van der Waals surface area contributed by atoms with E-state index in [9.17, 15) is 0 Å². The summed E-state index contributed by atoms with van der Waals surface area (Å²) in [6.07, 6.45) is 1.49. The molecule has 1 aliphatic rings. The SMILES string of the molecule is CNC(C)Cc1noc(CCN2c3ccccc3Sc3ccccc32)n1. The van der Waals surface area contributed by atoms with Crippen molar-refractivity contribution in [2.45, 2.75) is 35.6 Å². The minimum absolute atomic E-state index is 0.332. The van der Waals surface area contributed by atoms with Crippen LogP contribution in [0.1, 0.15) is 18.6 Å². The number of hydrogen-bond acceptors (Lipinski definition) is 6. The molecule has 6 heteroatoms. The minimum Gasteiger partial charge on any atom is -0.339 e. The van der Waals surface area contributed by atoms with E-state index in [4.69, 9.17) is 4.52 Å². The van der Waals surface area contributed by atoms with Gasteiger partial charge in [-0.1, -0.05) is 41.2 Å². The van der Waals surface area contributed by atoms with Crippen LogP contribution >= 0.6 is 11.8 Å². The molecule has 2 aromatic carbocycles. The van der Waals surface area contributed by atoms with Gasteiger partial charge in [-0.3, -0.25) is 0 Å². The maximum absolute atomic E-state index is 5.46. The molecule has 2 heterocycles. The second kappa shape index (κ2) is 7.51. The Morgan fingerprint density at radius 3 is 2.38 bits per heavy atom. The summed E-state index contributed by atoms with van der Waals surface area (Å²) in [4.78, 5) is 9.45. The second-order valence-corrected chi connectivity index (χ2v) is 7.52. The number of fused-ring (bicyclic) bond motifs is 2. The van der Waals surface area contributed by atoms with Gasteiger partial charge in [0.25, 0.3) is 0 Å². The van der Waals surface area contributed by atoms with E-state index in [-0.39, 0.29) is 0 Å². The molecule has 1 aromatic heterocycles. The van der Waals surface area contributed by atoms with Crippen molar-refractivity contribution in [1.29, 1.82) is 0 Å². The molecule has 0 aliphatic carbocycles. The number of benzene rings is 2. The number of hydrogen-bond donors (Lipinski definition) is 1. The van der Waals surface area contributed by atoms with Crippen LogP contribution in [-0.4, -0.2) is 29.8 Å². The molecule has 0 amide bonds. The van der Waals surface area contributed by atoms with Crippen LogP contribution in [0.2, 0.25) is 0 Å². The highest BCUT2D eigenvalue weighted by atomic mass is 32.2. The molecule has 5 nitrogen and oxygen atoms in total. The first-order chi connectivity index (χ1) is 12.7. The summed E-state index contributed by atoms with van der Waals surface area (Å²) in [7, 11) is 1.94. The van der Waals surface area contributed by atoms with E-state index in [1.54, 1.807) is 0 Å². The Kier molecular flexibility index (Phi) is 4.95. The lowest BCUT2D eigenvalue weighted by molar-refractivity contribution is 0.372. The lowest BCUT2D eigenvalue weighted by atomic mass is 10.2. The van der Waals surface area contributed by atoms with E-state index in [0.29, 0.717) is 18.4 Å². The van der Waals surface area contributed by atoms with Gasteiger partial charge in [0.05, 0.1) is 11.4 Å². The van der Waals surface area contributed by atoms with Gasteiger partial charge in [-0.05, 0) is 38.2 Å². The van der Waals surface area contributed by atoms with E-state index in [1.165, 1.54) is 21.2 Å². The first-order valence-electron chi connectivity index (χ1n) is 8.87. The van der Waals surface area contributed by atoms with Gasteiger partial charge in [-0.15, -0.1) is 0 Å². The van der Waals surface area contributed by atoms with Crippen molar-refractivity contribution in [2.75, 3.05) is 18.5 Å². The third-order valence-electron chi connectivity index (χ3n) is 4.57. The highest BCUT2D eigenvalue weighted by Crippen LogP contribution is 2.47. The van der Waals surface area contributed by atoms with Crippen molar-refractivity contribution in [2.24, 2.45) is 0 Å². The van der Waals surface area contributed by atoms with Crippen molar-refractivity contribution < 1.29 is 4.52 Å². The maximum Gasteiger partial charge on any atom is 0.228 e. The number of anilines is 2. The molecule has 134 valence electrons. The molecule has 26 heavy (non-hydrogen) atoms. The van der Waals surface area contributed by atoms with Gasteiger partial charge in [0.15, 0.2) is 5.82 Å².